The smallest absolute Gasteiger partial charge is 0.307 e. The van der Waals surface area contributed by atoms with Crippen LogP contribution in [0.25, 0.3) is 0 Å². The van der Waals surface area contributed by atoms with Gasteiger partial charge in [0.25, 0.3) is 0 Å². The van der Waals surface area contributed by atoms with Gasteiger partial charge in [-0.3, -0.25) is 4.79 Å². The number of carbonyl (C=O) groups is 1. The normalized spacial score (nSPS) is 16.6. The van der Waals surface area contributed by atoms with Crippen LogP contribution in [0, 0.1) is 0 Å². The molecule has 1 aliphatic heterocycles. The summed E-state index contributed by atoms with van der Waals surface area (Å²) in [5.74, 6) is -0.819. The third-order valence-electron chi connectivity index (χ3n) is 2.25. The maximum absolute atomic E-state index is 10.6. The highest BCUT2D eigenvalue weighted by Gasteiger charge is 2.33. The number of anilines is 2. The Morgan fingerprint density at radius 2 is 1.86 bits per heavy atom. The van der Waals surface area contributed by atoms with E-state index < -0.39 is 11.6 Å². The molecule has 1 aromatic rings. The number of para-hydroxylation sites is 2. The average Bonchev–Trinajstić information content (AvgIpc) is 2.38. The molecule has 14 heavy (non-hydrogen) atoms. The predicted molar refractivity (Wildman–Crippen MR) is 54.3 cm³/mol. The summed E-state index contributed by atoms with van der Waals surface area (Å²) in [5.41, 5.74) is 1.34. The van der Waals surface area contributed by atoms with Crippen LogP contribution in [0.3, 0.4) is 0 Å². The summed E-state index contributed by atoms with van der Waals surface area (Å²) in [4.78, 5) is 10.6. The average molecular weight is 192 g/mol. The molecule has 0 aliphatic carbocycles. The molecule has 3 N–H and O–H groups in total. The van der Waals surface area contributed by atoms with Gasteiger partial charge in [0.15, 0.2) is 0 Å². The van der Waals surface area contributed by atoms with E-state index in [1.165, 1.54) is 0 Å². The van der Waals surface area contributed by atoms with Gasteiger partial charge in [-0.15, -0.1) is 0 Å². The van der Waals surface area contributed by atoms with Crippen molar-refractivity contribution in [2.45, 2.75) is 19.0 Å². The first-order chi connectivity index (χ1) is 6.59. The van der Waals surface area contributed by atoms with Crippen molar-refractivity contribution in [1.82, 2.24) is 0 Å². The molecular formula is C10H12N2O2. The van der Waals surface area contributed by atoms with Crippen molar-refractivity contribution < 1.29 is 9.90 Å². The summed E-state index contributed by atoms with van der Waals surface area (Å²) in [6, 6.07) is 7.69. The zero-order valence-corrected chi connectivity index (χ0v) is 7.87. The number of benzene rings is 1. The van der Waals surface area contributed by atoms with Gasteiger partial charge in [0, 0.05) is 0 Å². The van der Waals surface area contributed by atoms with Gasteiger partial charge in [0.05, 0.1) is 17.8 Å². The fourth-order valence-electron chi connectivity index (χ4n) is 1.72. The third-order valence-corrected chi connectivity index (χ3v) is 2.25. The zero-order chi connectivity index (χ0) is 10.2. The first-order valence-electron chi connectivity index (χ1n) is 4.46. The first-order valence-corrected chi connectivity index (χ1v) is 4.46. The number of nitrogens with one attached hydrogen (secondary N) is 2. The molecule has 0 radical (unpaired) electrons. The van der Waals surface area contributed by atoms with E-state index in [0.717, 1.165) is 11.4 Å². The molecule has 0 atom stereocenters. The van der Waals surface area contributed by atoms with Crippen LogP contribution in [0.2, 0.25) is 0 Å². The number of carboxylic acids is 1. The fraction of sp³-hybridized carbons (Fsp3) is 0.300. The third kappa shape index (κ3) is 1.51. The quantitative estimate of drug-likeness (QED) is 0.667. The summed E-state index contributed by atoms with van der Waals surface area (Å²) < 4.78 is 0. The van der Waals surface area contributed by atoms with Crippen LogP contribution in [0.4, 0.5) is 11.4 Å². The topological polar surface area (TPSA) is 61.4 Å². The minimum absolute atomic E-state index is 0.0433. The van der Waals surface area contributed by atoms with Gasteiger partial charge in [0.2, 0.25) is 0 Å². The summed E-state index contributed by atoms with van der Waals surface area (Å²) in [6.07, 6.45) is 0.0433. The zero-order valence-electron chi connectivity index (χ0n) is 7.87. The Morgan fingerprint density at radius 3 is 2.29 bits per heavy atom. The van der Waals surface area contributed by atoms with Gasteiger partial charge in [-0.1, -0.05) is 12.1 Å². The lowest BCUT2D eigenvalue weighted by molar-refractivity contribution is -0.137. The minimum Gasteiger partial charge on any atom is -0.481 e. The molecule has 0 amide bonds. The van der Waals surface area contributed by atoms with Crippen LogP contribution in [0.1, 0.15) is 13.3 Å². The van der Waals surface area contributed by atoms with Crippen molar-refractivity contribution >= 4 is 17.3 Å². The molecule has 0 saturated carbocycles. The molecule has 4 nitrogen and oxygen atoms in total. The SMILES string of the molecule is CC1(CC(=O)O)Nc2ccccc2N1. The molecule has 0 unspecified atom stereocenters. The number of hydrogen-bond donors (Lipinski definition) is 3. The summed E-state index contributed by atoms with van der Waals surface area (Å²) in [5, 5.41) is 15.0. The van der Waals surface area contributed by atoms with Crippen LogP contribution in [-0.2, 0) is 4.79 Å². The predicted octanol–water partition coefficient (Wildman–Crippen LogP) is 1.71. The van der Waals surface area contributed by atoms with Crippen molar-refractivity contribution in [2.24, 2.45) is 0 Å². The molecule has 2 rings (SSSR count). The van der Waals surface area contributed by atoms with E-state index >= 15 is 0 Å². The standard InChI is InChI=1S/C10H12N2O2/c1-10(6-9(13)14)11-7-4-2-3-5-8(7)12-10/h2-5,11-12H,6H2,1H3,(H,13,14). The Labute approximate surface area is 81.9 Å². The maximum atomic E-state index is 10.6. The lowest BCUT2D eigenvalue weighted by atomic mass is 10.1. The van der Waals surface area contributed by atoms with E-state index in [9.17, 15) is 4.79 Å². The van der Waals surface area contributed by atoms with Gasteiger partial charge in [0.1, 0.15) is 5.66 Å². The van der Waals surface area contributed by atoms with Gasteiger partial charge in [-0.25, -0.2) is 0 Å². The molecule has 0 aromatic heterocycles. The van der Waals surface area contributed by atoms with Crippen molar-refractivity contribution in [3.63, 3.8) is 0 Å². The van der Waals surface area contributed by atoms with E-state index in [1.807, 2.05) is 31.2 Å². The van der Waals surface area contributed by atoms with E-state index in [4.69, 9.17) is 5.11 Å². The first kappa shape index (κ1) is 8.87. The number of rotatable bonds is 2. The van der Waals surface area contributed by atoms with Crippen molar-refractivity contribution in [3.05, 3.63) is 24.3 Å². The van der Waals surface area contributed by atoms with E-state index in [1.54, 1.807) is 0 Å². The van der Waals surface area contributed by atoms with E-state index in [0.29, 0.717) is 0 Å². The highest BCUT2D eigenvalue weighted by atomic mass is 16.4. The van der Waals surface area contributed by atoms with E-state index in [2.05, 4.69) is 10.6 Å². The molecule has 1 aromatic carbocycles. The molecule has 0 saturated heterocycles. The van der Waals surface area contributed by atoms with Gasteiger partial charge in [-0.05, 0) is 19.1 Å². The van der Waals surface area contributed by atoms with Gasteiger partial charge < -0.3 is 15.7 Å². The lowest BCUT2D eigenvalue weighted by Gasteiger charge is -2.23. The Balaban J connectivity index is 2.21. The number of fused-ring (bicyclic) bond motifs is 1. The second-order valence-electron chi connectivity index (χ2n) is 3.70. The number of carboxylic acid groups (broad SMARTS) is 1. The van der Waals surface area contributed by atoms with Crippen molar-refractivity contribution in [3.8, 4) is 0 Å². The molecule has 0 spiro atoms. The van der Waals surface area contributed by atoms with Crippen LogP contribution in [0.15, 0.2) is 24.3 Å². The van der Waals surface area contributed by atoms with Crippen LogP contribution in [-0.4, -0.2) is 16.7 Å². The monoisotopic (exact) mass is 192 g/mol. The van der Waals surface area contributed by atoms with Crippen LogP contribution < -0.4 is 10.6 Å². The highest BCUT2D eigenvalue weighted by Crippen LogP contribution is 2.34. The molecular weight excluding hydrogens is 180 g/mol. The highest BCUT2D eigenvalue weighted by molar-refractivity contribution is 5.79. The summed E-state index contributed by atoms with van der Waals surface area (Å²) >= 11 is 0. The molecule has 4 heteroatoms. The molecule has 74 valence electrons. The molecule has 1 aliphatic rings. The second kappa shape index (κ2) is 2.90. The Morgan fingerprint density at radius 1 is 1.36 bits per heavy atom. The van der Waals surface area contributed by atoms with Crippen LogP contribution in [0.5, 0.6) is 0 Å². The molecule has 1 heterocycles. The molecule has 0 bridgehead atoms. The van der Waals surface area contributed by atoms with Crippen LogP contribution >= 0.6 is 0 Å². The fourth-order valence-corrected chi connectivity index (χ4v) is 1.72. The largest absolute Gasteiger partial charge is 0.481 e. The lowest BCUT2D eigenvalue weighted by Crippen LogP contribution is -2.40. The summed E-state index contributed by atoms with van der Waals surface area (Å²) in [7, 11) is 0. The minimum atomic E-state index is -0.819. The Hall–Kier alpha value is -1.71. The Kier molecular flexibility index (Phi) is 1.84. The van der Waals surface area contributed by atoms with Gasteiger partial charge >= 0.3 is 5.97 Å². The van der Waals surface area contributed by atoms with Crippen molar-refractivity contribution in [1.29, 1.82) is 0 Å². The number of hydrogen-bond acceptors (Lipinski definition) is 3. The molecule has 0 fully saturated rings. The maximum Gasteiger partial charge on any atom is 0.307 e. The van der Waals surface area contributed by atoms with Crippen molar-refractivity contribution in [2.75, 3.05) is 10.6 Å². The van der Waals surface area contributed by atoms with E-state index in [-0.39, 0.29) is 6.42 Å². The Bertz CT molecular complexity index is 351. The van der Waals surface area contributed by atoms with Gasteiger partial charge in [-0.2, -0.15) is 0 Å². The second-order valence-corrected chi connectivity index (χ2v) is 3.70. The summed E-state index contributed by atoms with van der Waals surface area (Å²) in [6.45, 7) is 1.83. The number of aliphatic carboxylic acids is 1.